The maximum Gasteiger partial charge on any atom is 0.0619 e. The first-order valence-corrected chi connectivity index (χ1v) is 4.63. The predicted octanol–water partition coefficient (Wildman–Crippen LogP) is 1.29. The minimum absolute atomic E-state index is 0.148. The van der Waals surface area contributed by atoms with Gasteiger partial charge in [0, 0.05) is 18.1 Å². The Bertz CT molecular complexity index is 148. The molecule has 0 amide bonds. The van der Waals surface area contributed by atoms with Crippen LogP contribution >= 0.6 is 0 Å². The van der Waals surface area contributed by atoms with Crippen LogP contribution in [0.15, 0.2) is 0 Å². The lowest BCUT2D eigenvalue weighted by molar-refractivity contribution is 0.0559. The Balaban J connectivity index is 1.93. The topological polar surface area (TPSA) is 35.2 Å². The summed E-state index contributed by atoms with van der Waals surface area (Å²) >= 11 is 0. The highest BCUT2D eigenvalue weighted by Gasteiger charge is 2.47. The van der Waals surface area contributed by atoms with Crippen LogP contribution < -0.4 is 5.73 Å². The molecule has 0 radical (unpaired) electrons. The first-order valence-electron chi connectivity index (χ1n) is 4.63. The highest BCUT2D eigenvalue weighted by molar-refractivity contribution is 5.05. The summed E-state index contributed by atoms with van der Waals surface area (Å²) in [6, 6.07) is 0. The lowest BCUT2D eigenvalue weighted by Gasteiger charge is -2.24. The molecule has 2 fully saturated rings. The monoisotopic (exact) mass is 155 g/mol. The Kier molecular flexibility index (Phi) is 1.69. The quantitative estimate of drug-likeness (QED) is 0.652. The van der Waals surface area contributed by atoms with Crippen molar-refractivity contribution in [1.82, 2.24) is 0 Å². The van der Waals surface area contributed by atoms with E-state index in [4.69, 9.17) is 10.5 Å². The zero-order valence-corrected chi connectivity index (χ0v) is 7.18. The van der Waals surface area contributed by atoms with Crippen LogP contribution in [0.1, 0.15) is 32.6 Å². The van der Waals surface area contributed by atoms with Crippen molar-refractivity contribution in [3.63, 3.8) is 0 Å². The van der Waals surface area contributed by atoms with E-state index in [0.717, 1.165) is 6.61 Å². The van der Waals surface area contributed by atoms with Crippen LogP contribution in [0.3, 0.4) is 0 Å². The van der Waals surface area contributed by atoms with Crippen molar-refractivity contribution >= 4 is 0 Å². The Morgan fingerprint density at radius 1 is 1.55 bits per heavy atom. The van der Waals surface area contributed by atoms with E-state index in [1.165, 1.54) is 25.7 Å². The molecule has 0 aromatic heterocycles. The van der Waals surface area contributed by atoms with Gasteiger partial charge in [-0.2, -0.15) is 0 Å². The molecule has 2 unspecified atom stereocenters. The molecule has 1 saturated carbocycles. The van der Waals surface area contributed by atoms with E-state index in [1.807, 2.05) is 0 Å². The molecule has 0 aromatic rings. The smallest absolute Gasteiger partial charge is 0.0619 e. The van der Waals surface area contributed by atoms with Gasteiger partial charge in [0.05, 0.1) is 6.10 Å². The van der Waals surface area contributed by atoms with Gasteiger partial charge in [-0.15, -0.1) is 0 Å². The van der Waals surface area contributed by atoms with Gasteiger partial charge in [0.25, 0.3) is 0 Å². The molecule has 0 spiro atoms. The zero-order chi connectivity index (χ0) is 7.90. The highest BCUT2D eigenvalue weighted by Crippen LogP contribution is 2.43. The number of hydrogen-bond acceptors (Lipinski definition) is 2. The van der Waals surface area contributed by atoms with Crippen LogP contribution in [0, 0.1) is 5.92 Å². The van der Waals surface area contributed by atoms with Gasteiger partial charge < -0.3 is 10.5 Å². The number of rotatable bonds is 2. The average Bonchev–Trinajstić information content (AvgIpc) is 2.54. The molecule has 64 valence electrons. The lowest BCUT2D eigenvalue weighted by Crippen LogP contribution is -2.37. The minimum Gasteiger partial charge on any atom is -0.378 e. The van der Waals surface area contributed by atoms with Crippen molar-refractivity contribution in [2.45, 2.75) is 44.2 Å². The second-order valence-corrected chi connectivity index (χ2v) is 4.07. The lowest BCUT2D eigenvalue weighted by atomic mass is 9.92. The van der Waals surface area contributed by atoms with E-state index < -0.39 is 0 Å². The number of hydrogen-bond donors (Lipinski definition) is 1. The van der Waals surface area contributed by atoms with Gasteiger partial charge in [0.1, 0.15) is 0 Å². The van der Waals surface area contributed by atoms with Gasteiger partial charge in [-0.1, -0.05) is 6.92 Å². The number of nitrogens with two attached hydrogens (primary N) is 1. The summed E-state index contributed by atoms with van der Waals surface area (Å²) in [4.78, 5) is 0. The normalized spacial score (nSPS) is 37.1. The van der Waals surface area contributed by atoms with Gasteiger partial charge in [-0.3, -0.25) is 0 Å². The summed E-state index contributed by atoms with van der Waals surface area (Å²) in [6.45, 7) is 3.19. The van der Waals surface area contributed by atoms with Crippen molar-refractivity contribution in [1.29, 1.82) is 0 Å². The zero-order valence-electron chi connectivity index (χ0n) is 7.18. The van der Waals surface area contributed by atoms with Gasteiger partial charge in [0.15, 0.2) is 0 Å². The Hall–Kier alpha value is -0.0800. The Morgan fingerprint density at radius 2 is 2.27 bits per heavy atom. The van der Waals surface area contributed by atoms with E-state index in [-0.39, 0.29) is 5.54 Å². The fourth-order valence-electron chi connectivity index (χ4n) is 1.97. The van der Waals surface area contributed by atoms with E-state index >= 15 is 0 Å². The second-order valence-electron chi connectivity index (χ2n) is 4.07. The molecule has 0 aromatic carbocycles. The summed E-state index contributed by atoms with van der Waals surface area (Å²) in [6.07, 6.45) is 5.32. The van der Waals surface area contributed by atoms with Crippen LogP contribution in [0.5, 0.6) is 0 Å². The summed E-state index contributed by atoms with van der Waals surface area (Å²) in [5.41, 5.74) is 6.24. The molecule has 0 bridgehead atoms. The third kappa shape index (κ3) is 1.30. The molecule has 2 nitrogen and oxygen atoms in total. The van der Waals surface area contributed by atoms with Crippen molar-refractivity contribution < 1.29 is 4.74 Å². The molecule has 1 aliphatic carbocycles. The third-order valence-corrected chi connectivity index (χ3v) is 3.26. The van der Waals surface area contributed by atoms with Crippen LogP contribution in [-0.2, 0) is 4.74 Å². The molecule has 2 aliphatic rings. The molecule has 2 N–H and O–H groups in total. The summed E-state index contributed by atoms with van der Waals surface area (Å²) in [5.74, 6) is 0.574. The first-order chi connectivity index (χ1) is 5.22. The first kappa shape index (κ1) is 7.56. The van der Waals surface area contributed by atoms with Crippen molar-refractivity contribution in [2.24, 2.45) is 11.7 Å². The fraction of sp³-hybridized carbons (Fsp3) is 1.00. The van der Waals surface area contributed by atoms with Crippen molar-refractivity contribution in [2.75, 3.05) is 6.61 Å². The highest BCUT2D eigenvalue weighted by atomic mass is 16.5. The predicted molar refractivity (Wildman–Crippen MR) is 44.3 cm³/mol. The third-order valence-electron chi connectivity index (χ3n) is 3.26. The molecule has 2 heteroatoms. The van der Waals surface area contributed by atoms with Crippen LogP contribution in [0.25, 0.3) is 0 Å². The molecule has 11 heavy (non-hydrogen) atoms. The SMILES string of the molecule is CC(C1CCCO1)C1(N)CC1. The van der Waals surface area contributed by atoms with Crippen molar-refractivity contribution in [3.8, 4) is 0 Å². The average molecular weight is 155 g/mol. The van der Waals surface area contributed by atoms with Crippen molar-refractivity contribution in [3.05, 3.63) is 0 Å². The van der Waals surface area contributed by atoms with Gasteiger partial charge in [0.2, 0.25) is 0 Å². The van der Waals surface area contributed by atoms with E-state index in [0.29, 0.717) is 12.0 Å². The molecule has 1 aliphatic heterocycles. The van der Waals surface area contributed by atoms with Crippen LogP contribution in [0.2, 0.25) is 0 Å². The molecule has 2 rings (SSSR count). The Morgan fingerprint density at radius 3 is 2.73 bits per heavy atom. The summed E-state index contributed by atoms with van der Waals surface area (Å²) in [7, 11) is 0. The fourth-order valence-corrected chi connectivity index (χ4v) is 1.97. The molecular formula is C9H17NO. The molecule has 1 saturated heterocycles. The van der Waals surface area contributed by atoms with Gasteiger partial charge in [-0.05, 0) is 25.7 Å². The second kappa shape index (κ2) is 2.46. The maximum atomic E-state index is 6.09. The van der Waals surface area contributed by atoms with Crippen LogP contribution in [-0.4, -0.2) is 18.2 Å². The summed E-state index contributed by atoms with van der Waals surface area (Å²) < 4.78 is 5.60. The van der Waals surface area contributed by atoms with E-state index in [9.17, 15) is 0 Å². The number of ether oxygens (including phenoxy) is 1. The van der Waals surface area contributed by atoms with E-state index in [2.05, 4.69) is 6.92 Å². The maximum absolute atomic E-state index is 6.09. The van der Waals surface area contributed by atoms with E-state index in [1.54, 1.807) is 0 Å². The molecular weight excluding hydrogens is 138 g/mol. The van der Waals surface area contributed by atoms with Crippen LogP contribution in [0.4, 0.5) is 0 Å². The molecule has 2 atom stereocenters. The van der Waals surface area contributed by atoms with Gasteiger partial charge in [-0.25, -0.2) is 0 Å². The summed E-state index contributed by atoms with van der Waals surface area (Å²) in [5, 5.41) is 0. The molecule has 1 heterocycles. The largest absolute Gasteiger partial charge is 0.378 e. The minimum atomic E-state index is 0.148. The Labute approximate surface area is 68.1 Å². The standard InChI is InChI=1S/C9H17NO/c1-7(9(10)4-5-9)8-3-2-6-11-8/h7-8H,2-6,10H2,1H3. The van der Waals surface area contributed by atoms with Gasteiger partial charge >= 0.3 is 0 Å².